The Bertz CT molecular complexity index is 501. The zero-order valence-electron chi connectivity index (χ0n) is 11.2. The van der Waals surface area contributed by atoms with Crippen molar-refractivity contribution in [1.29, 1.82) is 0 Å². The Kier molecular flexibility index (Phi) is 3.74. The normalized spacial score (nSPS) is 20.3. The Morgan fingerprint density at radius 1 is 1.32 bits per heavy atom. The molecule has 0 saturated carbocycles. The number of hydrogen-bond donors (Lipinski definition) is 1. The minimum Gasteiger partial charge on any atom is -0.481 e. The summed E-state index contributed by atoms with van der Waals surface area (Å²) >= 11 is 0. The van der Waals surface area contributed by atoms with Gasteiger partial charge in [-0.15, -0.1) is 0 Å². The topological polar surface area (TPSA) is 60.9 Å². The van der Waals surface area contributed by atoms with Gasteiger partial charge in [0.15, 0.2) is 0 Å². The summed E-state index contributed by atoms with van der Waals surface area (Å²) < 4.78 is 0. The molecule has 102 valence electrons. The molecule has 1 N–H and O–H groups in total. The summed E-state index contributed by atoms with van der Waals surface area (Å²) in [6, 6.07) is 7.72. The number of hydrogen-bond acceptors (Lipinski definition) is 3. The molecular formula is C14H18N2O3. The van der Waals surface area contributed by atoms with E-state index in [4.69, 9.17) is 0 Å². The molecule has 2 rings (SSSR count). The predicted molar refractivity (Wildman–Crippen MR) is 72.2 cm³/mol. The highest BCUT2D eigenvalue weighted by molar-refractivity contribution is 5.84. The number of carboxylic acid groups (broad SMARTS) is 1. The van der Waals surface area contributed by atoms with E-state index in [9.17, 15) is 14.7 Å². The third-order valence-electron chi connectivity index (χ3n) is 3.49. The number of carbonyl (C=O) groups is 2. The lowest BCUT2D eigenvalue weighted by Crippen LogP contribution is -2.34. The number of anilines is 1. The van der Waals surface area contributed by atoms with Crippen LogP contribution in [0.4, 0.5) is 5.69 Å². The van der Waals surface area contributed by atoms with Crippen LogP contribution < -0.4 is 4.90 Å². The van der Waals surface area contributed by atoms with Gasteiger partial charge >= 0.3 is 5.97 Å². The largest absolute Gasteiger partial charge is 0.481 e. The number of rotatable bonds is 2. The third kappa shape index (κ3) is 2.86. The smallest absolute Gasteiger partial charge is 0.310 e. The van der Waals surface area contributed by atoms with Crippen molar-refractivity contribution in [2.45, 2.75) is 6.92 Å². The fourth-order valence-electron chi connectivity index (χ4n) is 2.36. The van der Waals surface area contributed by atoms with Crippen molar-refractivity contribution in [3.8, 4) is 0 Å². The Balaban J connectivity index is 2.31. The first-order valence-electron chi connectivity index (χ1n) is 6.26. The quantitative estimate of drug-likeness (QED) is 0.863. The molecule has 5 nitrogen and oxygen atoms in total. The number of amides is 1. The minimum absolute atomic E-state index is 0.0491. The molecule has 1 aromatic rings. The van der Waals surface area contributed by atoms with Gasteiger partial charge in [0.25, 0.3) is 0 Å². The zero-order valence-corrected chi connectivity index (χ0v) is 11.2. The van der Waals surface area contributed by atoms with Gasteiger partial charge in [-0.3, -0.25) is 9.59 Å². The van der Waals surface area contributed by atoms with Gasteiger partial charge in [0.05, 0.1) is 12.5 Å². The highest BCUT2D eigenvalue weighted by Gasteiger charge is 2.30. The highest BCUT2D eigenvalue weighted by Crippen LogP contribution is 2.22. The van der Waals surface area contributed by atoms with Crippen molar-refractivity contribution in [3.05, 3.63) is 29.8 Å². The summed E-state index contributed by atoms with van der Waals surface area (Å²) in [4.78, 5) is 26.6. The zero-order chi connectivity index (χ0) is 14.0. The van der Waals surface area contributed by atoms with E-state index in [0.717, 1.165) is 11.3 Å². The van der Waals surface area contributed by atoms with Crippen LogP contribution in [0.1, 0.15) is 5.56 Å². The Morgan fingerprint density at radius 3 is 2.63 bits per heavy atom. The molecule has 1 unspecified atom stereocenters. The van der Waals surface area contributed by atoms with Crippen LogP contribution in [0.2, 0.25) is 0 Å². The molecule has 1 amide bonds. The van der Waals surface area contributed by atoms with Crippen molar-refractivity contribution in [3.63, 3.8) is 0 Å². The SMILES string of the molecule is Cc1ccccc1N1CC(=O)N(C)CC(C(=O)O)C1. The molecule has 1 aromatic carbocycles. The molecule has 1 heterocycles. The number of carbonyl (C=O) groups excluding carboxylic acids is 1. The number of carboxylic acids is 1. The number of benzene rings is 1. The summed E-state index contributed by atoms with van der Waals surface area (Å²) in [7, 11) is 1.65. The number of para-hydroxylation sites is 1. The van der Waals surface area contributed by atoms with Crippen LogP contribution in [0, 0.1) is 12.8 Å². The molecule has 0 radical (unpaired) electrons. The summed E-state index contributed by atoms with van der Waals surface area (Å²) in [5.41, 5.74) is 1.97. The number of aryl methyl sites for hydroxylation is 1. The van der Waals surface area contributed by atoms with Gasteiger partial charge in [-0.2, -0.15) is 0 Å². The number of nitrogens with zero attached hydrogens (tertiary/aromatic N) is 2. The molecule has 1 fully saturated rings. The second-order valence-electron chi connectivity index (χ2n) is 4.98. The lowest BCUT2D eigenvalue weighted by Gasteiger charge is -2.25. The Hall–Kier alpha value is -2.04. The fraction of sp³-hybridized carbons (Fsp3) is 0.429. The van der Waals surface area contributed by atoms with E-state index in [-0.39, 0.29) is 19.0 Å². The van der Waals surface area contributed by atoms with E-state index >= 15 is 0 Å². The third-order valence-corrected chi connectivity index (χ3v) is 3.49. The summed E-state index contributed by atoms with van der Waals surface area (Å²) in [5.74, 6) is -1.47. The van der Waals surface area contributed by atoms with E-state index in [1.165, 1.54) is 4.90 Å². The molecule has 1 aliphatic heterocycles. The predicted octanol–water partition coefficient (Wildman–Crippen LogP) is 0.974. The van der Waals surface area contributed by atoms with E-state index in [1.54, 1.807) is 7.05 Å². The Morgan fingerprint density at radius 2 is 2.00 bits per heavy atom. The lowest BCUT2D eigenvalue weighted by molar-refractivity contribution is -0.142. The molecule has 1 saturated heterocycles. The fourth-order valence-corrected chi connectivity index (χ4v) is 2.36. The van der Waals surface area contributed by atoms with Crippen LogP contribution >= 0.6 is 0 Å². The molecule has 1 aliphatic rings. The average Bonchev–Trinajstić information content (AvgIpc) is 2.50. The molecule has 5 heteroatoms. The van der Waals surface area contributed by atoms with Gasteiger partial charge in [-0.1, -0.05) is 18.2 Å². The van der Waals surface area contributed by atoms with Crippen LogP contribution in [0.15, 0.2) is 24.3 Å². The maximum Gasteiger partial charge on any atom is 0.310 e. The van der Waals surface area contributed by atoms with E-state index in [1.807, 2.05) is 36.1 Å². The van der Waals surface area contributed by atoms with Crippen molar-refractivity contribution in [1.82, 2.24) is 4.90 Å². The van der Waals surface area contributed by atoms with Crippen molar-refractivity contribution in [2.75, 3.05) is 31.6 Å². The van der Waals surface area contributed by atoms with Crippen LogP contribution in [0.3, 0.4) is 0 Å². The number of likely N-dealkylation sites (N-methyl/N-ethyl adjacent to an activating group) is 1. The number of aliphatic carboxylic acids is 1. The monoisotopic (exact) mass is 262 g/mol. The maximum atomic E-state index is 12.0. The summed E-state index contributed by atoms with van der Waals surface area (Å²) in [6.07, 6.45) is 0. The van der Waals surface area contributed by atoms with Gasteiger partial charge in [-0.25, -0.2) is 0 Å². The van der Waals surface area contributed by atoms with Crippen LogP contribution in [-0.4, -0.2) is 48.6 Å². The molecule has 0 spiro atoms. The van der Waals surface area contributed by atoms with Gasteiger partial charge in [-0.05, 0) is 18.6 Å². The maximum absolute atomic E-state index is 12.0. The minimum atomic E-state index is -0.861. The van der Waals surface area contributed by atoms with E-state index < -0.39 is 11.9 Å². The first-order valence-corrected chi connectivity index (χ1v) is 6.26. The van der Waals surface area contributed by atoms with Crippen molar-refractivity contribution in [2.24, 2.45) is 5.92 Å². The summed E-state index contributed by atoms with van der Waals surface area (Å²) in [6.45, 7) is 2.81. The van der Waals surface area contributed by atoms with Gasteiger partial charge < -0.3 is 14.9 Å². The highest BCUT2D eigenvalue weighted by atomic mass is 16.4. The van der Waals surface area contributed by atoms with Gasteiger partial charge in [0.1, 0.15) is 0 Å². The van der Waals surface area contributed by atoms with Crippen molar-refractivity contribution >= 4 is 17.6 Å². The molecule has 19 heavy (non-hydrogen) atoms. The first-order chi connectivity index (χ1) is 8.99. The Labute approximate surface area is 112 Å². The van der Waals surface area contributed by atoms with Crippen molar-refractivity contribution < 1.29 is 14.7 Å². The average molecular weight is 262 g/mol. The lowest BCUT2D eigenvalue weighted by atomic mass is 10.1. The van der Waals surface area contributed by atoms with Gasteiger partial charge in [0.2, 0.25) is 5.91 Å². The van der Waals surface area contributed by atoms with Crippen LogP contribution in [0.25, 0.3) is 0 Å². The van der Waals surface area contributed by atoms with Crippen LogP contribution in [0.5, 0.6) is 0 Å². The van der Waals surface area contributed by atoms with E-state index in [2.05, 4.69) is 0 Å². The van der Waals surface area contributed by atoms with E-state index in [0.29, 0.717) is 6.54 Å². The summed E-state index contributed by atoms with van der Waals surface area (Å²) in [5, 5.41) is 9.24. The second kappa shape index (κ2) is 5.30. The molecule has 1 atom stereocenters. The first kappa shape index (κ1) is 13.4. The molecule has 0 aliphatic carbocycles. The molecule has 0 aromatic heterocycles. The van der Waals surface area contributed by atoms with Gasteiger partial charge in [0, 0.05) is 25.8 Å². The molecule has 0 bridgehead atoms. The molecular weight excluding hydrogens is 244 g/mol. The second-order valence-corrected chi connectivity index (χ2v) is 4.98. The standard InChI is InChI=1S/C14H18N2O3/c1-10-5-3-4-6-12(10)16-8-11(14(18)19)7-15(2)13(17)9-16/h3-6,11H,7-9H2,1-2H3,(H,18,19). The van der Waals surface area contributed by atoms with Crippen LogP contribution in [-0.2, 0) is 9.59 Å².